The smallest absolute Gasteiger partial charge is 0.403 e. The number of thioether (sulfide) groups is 1. The summed E-state index contributed by atoms with van der Waals surface area (Å²) in [5, 5.41) is 9.33. The molecular weight excluding hydrogens is 378 g/mol. The number of nitrogens with zero attached hydrogens (tertiary/aromatic N) is 2. The van der Waals surface area contributed by atoms with Crippen molar-refractivity contribution in [1.82, 2.24) is 14.6 Å². The molecule has 1 fully saturated rings. The van der Waals surface area contributed by atoms with Crippen molar-refractivity contribution < 1.29 is 28.3 Å². The number of rotatable bonds is 7. The second kappa shape index (κ2) is 7.83. The first kappa shape index (κ1) is 19.9. The van der Waals surface area contributed by atoms with E-state index >= 15 is 0 Å². The molecule has 0 aliphatic carbocycles. The number of anilines is 1. The van der Waals surface area contributed by atoms with Crippen molar-refractivity contribution in [2.45, 2.75) is 36.2 Å². The first-order valence-corrected chi connectivity index (χ1v) is 9.73. The summed E-state index contributed by atoms with van der Waals surface area (Å²) in [5.74, 6) is -1.29. The normalized spacial score (nSPS) is 26.9. The molecule has 0 radical (unpaired) electrons. The van der Waals surface area contributed by atoms with Crippen LogP contribution in [0.5, 0.6) is 0 Å². The summed E-state index contributed by atoms with van der Waals surface area (Å²) in [7, 11) is -4.35. The molecule has 5 N–H and O–H groups in total. The van der Waals surface area contributed by atoms with Crippen molar-refractivity contribution in [3.05, 3.63) is 22.7 Å². The number of nitrogens with one attached hydrogen (secondary N) is 1. The molecular formula is C12H18FN4O6PS. The molecule has 1 unspecified atom stereocenters. The highest BCUT2D eigenvalue weighted by molar-refractivity contribution is 8.00. The summed E-state index contributed by atoms with van der Waals surface area (Å²) in [6.07, 6.45) is -0.0445. The van der Waals surface area contributed by atoms with Gasteiger partial charge in [-0.15, -0.1) is 11.8 Å². The van der Waals surface area contributed by atoms with Gasteiger partial charge in [0, 0.05) is 11.4 Å². The quantitative estimate of drug-likeness (QED) is 0.474. The van der Waals surface area contributed by atoms with Crippen molar-refractivity contribution in [3.63, 3.8) is 0 Å². The highest BCUT2D eigenvalue weighted by Gasteiger charge is 2.38. The Morgan fingerprint density at radius 3 is 3.00 bits per heavy atom. The van der Waals surface area contributed by atoms with Crippen LogP contribution in [-0.2, 0) is 13.9 Å². The number of carbonyl (C=O) groups is 1. The molecule has 0 spiro atoms. The van der Waals surface area contributed by atoms with Gasteiger partial charge in [-0.1, -0.05) is 0 Å². The van der Waals surface area contributed by atoms with Crippen LogP contribution in [0, 0.1) is 0 Å². The summed E-state index contributed by atoms with van der Waals surface area (Å²) in [5.41, 5.74) is 4.70. The van der Waals surface area contributed by atoms with Gasteiger partial charge in [-0.25, -0.2) is 18.8 Å². The number of aliphatic carboxylic acids is 1. The number of halogens is 1. The van der Waals surface area contributed by atoms with Crippen molar-refractivity contribution >= 4 is 31.3 Å². The molecule has 1 aromatic rings. The van der Waals surface area contributed by atoms with E-state index in [4.69, 9.17) is 15.4 Å². The van der Waals surface area contributed by atoms with Crippen LogP contribution in [-0.4, -0.2) is 49.6 Å². The molecule has 10 nitrogen and oxygen atoms in total. The van der Waals surface area contributed by atoms with Gasteiger partial charge in [-0.2, -0.15) is 4.98 Å². The Morgan fingerprint density at radius 2 is 2.40 bits per heavy atom. The first-order valence-electron chi connectivity index (χ1n) is 7.21. The van der Waals surface area contributed by atoms with E-state index < -0.39 is 42.2 Å². The molecule has 25 heavy (non-hydrogen) atoms. The minimum absolute atomic E-state index is 0.000629. The Morgan fingerprint density at radius 1 is 1.72 bits per heavy atom. The zero-order valence-corrected chi connectivity index (χ0v) is 14.8. The predicted molar refractivity (Wildman–Crippen MR) is 88.8 cm³/mol. The van der Waals surface area contributed by atoms with Crippen molar-refractivity contribution in [1.29, 1.82) is 0 Å². The lowest BCUT2D eigenvalue weighted by molar-refractivity contribution is -0.138. The van der Waals surface area contributed by atoms with E-state index in [1.54, 1.807) is 0 Å². The van der Waals surface area contributed by atoms with Gasteiger partial charge in [0.05, 0.1) is 6.61 Å². The first-order chi connectivity index (χ1) is 11.6. The third-order valence-corrected chi connectivity index (χ3v) is 6.15. The molecule has 2 heterocycles. The van der Waals surface area contributed by atoms with Gasteiger partial charge < -0.3 is 15.7 Å². The number of hydrogen-bond acceptors (Lipinski definition) is 7. The van der Waals surface area contributed by atoms with Crippen LogP contribution >= 0.6 is 19.5 Å². The zero-order chi connectivity index (χ0) is 18.8. The van der Waals surface area contributed by atoms with E-state index in [0.717, 1.165) is 16.3 Å². The second-order valence-corrected chi connectivity index (χ2v) is 8.43. The van der Waals surface area contributed by atoms with E-state index in [1.165, 1.54) is 19.2 Å². The average molecular weight is 396 g/mol. The molecule has 5 atom stereocenters. The second-order valence-electron chi connectivity index (χ2n) is 5.45. The third kappa shape index (κ3) is 5.25. The van der Waals surface area contributed by atoms with Crippen LogP contribution in [0.25, 0.3) is 0 Å². The fourth-order valence-corrected chi connectivity index (χ4v) is 4.76. The highest BCUT2D eigenvalue weighted by atomic mass is 32.2. The SMILES string of the molecule is C[C@H](NP(=O)(O)OC[C@@H]1C[C@H](F)[C@H](n2ccc(N)nc2=O)S1)C(=O)O. The monoisotopic (exact) mass is 396 g/mol. The van der Waals surface area contributed by atoms with Crippen LogP contribution in [0.1, 0.15) is 18.7 Å². The van der Waals surface area contributed by atoms with Gasteiger partial charge in [-0.05, 0) is 19.4 Å². The fourth-order valence-electron chi connectivity index (χ4n) is 2.19. The molecule has 0 saturated carbocycles. The van der Waals surface area contributed by atoms with E-state index in [-0.39, 0.29) is 18.8 Å². The van der Waals surface area contributed by atoms with E-state index in [2.05, 4.69) is 4.98 Å². The number of hydrogen-bond donors (Lipinski definition) is 4. The Bertz CT molecular complexity index is 749. The van der Waals surface area contributed by atoms with Gasteiger partial charge >= 0.3 is 19.4 Å². The zero-order valence-electron chi connectivity index (χ0n) is 13.1. The predicted octanol–water partition coefficient (Wildman–Crippen LogP) is 0.347. The fraction of sp³-hybridized carbons (Fsp3) is 0.583. The van der Waals surface area contributed by atoms with E-state index in [9.17, 15) is 23.4 Å². The van der Waals surface area contributed by atoms with Crippen LogP contribution in [0.3, 0.4) is 0 Å². The van der Waals surface area contributed by atoms with Crippen LogP contribution in [0.15, 0.2) is 17.1 Å². The Kier molecular flexibility index (Phi) is 6.22. The lowest BCUT2D eigenvalue weighted by atomic mass is 10.2. The number of aromatic nitrogens is 2. The third-order valence-electron chi connectivity index (χ3n) is 3.42. The molecule has 1 aliphatic heterocycles. The molecule has 1 aromatic heterocycles. The number of nitrogen functional groups attached to an aromatic ring is 1. The summed E-state index contributed by atoms with van der Waals surface area (Å²) < 4.78 is 32.0. The Hall–Kier alpha value is -1.46. The molecule has 140 valence electrons. The molecule has 0 amide bonds. The summed E-state index contributed by atoms with van der Waals surface area (Å²) in [6.45, 7) is 0.902. The van der Waals surface area contributed by atoms with Gasteiger partial charge in [0.2, 0.25) is 0 Å². The lowest BCUT2D eigenvalue weighted by Crippen LogP contribution is -2.32. The molecule has 0 aromatic carbocycles. The average Bonchev–Trinajstić information content (AvgIpc) is 2.86. The van der Waals surface area contributed by atoms with Gasteiger partial charge in [-0.3, -0.25) is 13.9 Å². The van der Waals surface area contributed by atoms with Crippen LogP contribution < -0.4 is 16.5 Å². The lowest BCUT2D eigenvalue weighted by Gasteiger charge is -2.18. The van der Waals surface area contributed by atoms with Gasteiger partial charge in [0.1, 0.15) is 23.4 Å². The summed E-state index contributed by atoms with van der Waals surface area (Å²) >= 11 is 1.06. The maximum atomic E-state index is 14.2. The standard InChI is InChI=1S/C12H18FN4O6PS/c1-6(11(18)19)16-24(21,22)23-5-7-4-8(13)10(25-7)17-3-2-9(14)15-12(17)20/h2-3,6-8,10H,4-5H2,1H3,(H,18,19)(H2,14,15,20)(H2,16,21,22)/t6-,7-,8-,10+/m0/s1. The number of alkyl halides is 1. The van der Waals surface area contributed by atoms with Gasteiger partial charge in [0.25, 0.3) is 0 Å². The minimum atomic E-state index is -4.35. The topological polar surface area (TPSA) is 157 Å². The van der Waals surface area contributed by atoms with E-state index in [1.807, 2.05) is 5.09 Å². The maximum Gasteiger partial charge on any atom is 0.403 e. The molecule has 0 bridgehead atoms. The highest BCUT2D eigenvalue weighted by Crippen LogP contribution is 2.45. The van der Waals surface area contributed by atoms with Crippen LogP contribution in [0.2, 0.25) is 0 Å². The molecule has 13 heteroatoms. The number of nitrogens with two attached hydrogens (primary N) is 1. The number of carboxylic acids is 1. The summed E-state index contributed by atoms with van der Waals surface area (Å²) in [6, 6.07) is 0.0886. The Labute approximate surface area is 146 Å². The van der Waals surface area contributed by atoms with Crippen molar-refractivity contribution in [2.24, 2.45) is 0 Å². The Balaban J connectivity index is 1.96. The van der Waals surface area contributed by atoms with Crippen molar-refractivity contribution in [2.75, 3.05) is 12.3 Å². The molecule has 1 saturated heterocycles. The molecule has 1 aliphatic rings. The molecule has 2 rings (SSSR count). The largest absolute Gasteiger partial charge is 0.480 e. The summed E-state index contributed by atoms with van der Waals surface area (Å²) in [4.78, 5) is 35.6. The maximum absolute atomic E-state index is 14.2. The number of carboxylic acid groups (broad SMARTS) is 1. The minimum Gasteiger partial charge on any atom is -0.480 e. The van der Waals surface area contributed by atoms with Crippen molar-refractivity contribution in [3.8, 4) is 0 Å². The van der Waals surface area contributed by atoms with Gasteiger partial charge in [0.15, 0.2) is 0 Å². The van der Waals surface area contributed by atoms with E-state index in [0.29, 0.717) is 0 Å². The van der Waals surface area contributed by atoms with Crippen LogP contribution in [0.4, 0.5) is 10.2 Å².